The number of nitrogens with one attached hydrogen (secondary N) is 1. The molecule has 0 radical (unpaired) electrons. The van der Waals surface area contributed by atoms with Crippen LogP contribution in [-0.2, 0) is 20.7 Å². The van der Waals surface area contributed by atoms with Gasteiger partial charge in [-0.3, -0.25) is 9.00 Å². The van der Waals surface area contributed by atoms with E-state index in [0.717, 1.165) is 18.1 Å². The van der Waals surface area contributed by atoms with Crippen molar-refractivity contribution < 1.29 is 17.8 Å². The first-order valence-electron chi connectivity index (χ1n) is 8.94. The molecular formula is C22H23F2NO2S. The summed E-state index contributed by atoms with van der Waals surface area (Å²) >= 11 is 0. The molecule has 0 bridgehead atoms. The van der Waals surface area contributed by atoms with Crippen LogP contribution in [-0.4, -0.2) is 28.2 Å². The van der Waals surface area contributed by atoms with Gasteiger partial charge in [0.05, 0.1) is 0 Å². The fourth-order valence-electron chi connectivity index (χ4n) is 3.30. The molecule has 0 fully saturated rings. The second-order valence-electron chi connectivity index (χ2n) is 7.30. The molecule has 1 amide bonds. The van der Waals surface area contributed by atoms with Crippen molar-refractivity contribution in [2.45, 2.75) is 37.0 Å². The molecule has 1 N–H and O–H groups in total. The van der Waals surface area contributed by atoms with Crippen LogP contribution in [0.1, 0.15) is 25.3 Å². The molecule has 28 heavy (non-hydrogen) atoms. The lowest BCUT2D eigenvalue weighted by molar-refractivity contribution is -0.119. The van der Waals surface area contributed by atoms with Crippen molar-refractivity contribution in [3.8, 4) is 0 Å². The third-order valence-corrected chi connectivity index (χ3v) is 5.95. The van der Waals surface area contributed by atoms with E-state index in [1.165, 1.54) is 6.08 Å². The predicted octanol–water partition coefficient (Wildman–Crippen LogP) is 4.18. The standard InChI is InChI=1S/C22H23F2NO2S/c1-22(23,24)19-11-12-21(26)25-20-6-4-5-16(14-18(19)20)13-15-7-9-17(10-8-15)28(2,3)27/h4-5,7-11,14H,2,6,12-13H2,1,3H3,(H,25,26). The maximum absolute atomic E-state index is 14.2. The molecule has 1 unspecified atom stereocenters. The first-order chi connectivity index (χ1) is 13.0. The molecule has 0 saturated heterocycles. The van der Waals surface area contributed by atoms with Gasteiger partial charge in [0.2, 0.25) is 5.91 Å². The smallest absolute Gasteiger partial charge is 0.270 e. The van der Waals surface area contributed by atoms with Gasteiger partial charge in [-0.25, -0.2) is 8.78 Å². The minimum absolute atomic E-state index is 0.0680. The van der Waals surface area contributed by atoms with Crippen LogP contribution >= 0.6 is 0 Å². The molecule has 3 rings (SSSR count). The molecule has 6 heteroatoms. The van der Waals surface area contributed by atoms with Crippen molar-refractivity contribution in [3.05, 3.63) is 76.5 Å². The minimum Gasteiger partial charge on any atom is -0.329 e. The number of carbonyl (C=O) groups is 1. The lowest BCUT2D eigenvalue weighted by Gasteiger charge is -2.18. The van der Waals surface area contributed by atoms with Crippen LogP contribution in [0, 0.1) is 0 Å². The van der Waals surface area contributed by atoms with Crippen molar-refractivity contribution in [2.75, 3.05) is 6.26 Å². The highest BCUT2D eigenvalue weighted by Gasteiger charge is 2.33. The van der Waals surface area contributed by atoms with Gasteiger partial charge in [-0.15, -0.1) is 0 Å². The van der Waals surface area contributed by atoms with Gasteiger partial charge >= 0.3 is 0 Å². The Kier molecular flexibility index (Phi) is 5.44. The number of rotatable bonds is 4. The third kappa shape index (κ3) is 4.68. The minimum atomic E-state index is -3.05. The summed E-state index contributed by atoms with van der Waals surface area (Å²) in [4.78, 5) is 12.6. The van der Waals surface area contributed by atoms with E-state index in [2.05, 4.69) is 11.2 Å². The SMILES string of the molecule is C=S(C)(=O)c1ccc(CC2=CC3=C(CC=C2)NC(=O)CC=C3C(C)(F)F)cc1. The van der Waals surface area contributed by atoms with Crippen LogP contribution in [0.2, 0.25) is 0 Å². The van der Waals surface area contributed by atoms with Gasteiger partial charge in [0.25, 0.3) is 5.92 Å². The Labute approximate surface area is 164 Å². The number of amides is 1. The maximum atomic E-state index is 14.2. The third-order valence-electron chi connectivity index (χ3n) is 4.68. The number of alkyl halides is 2. The van der Waals surface area contributed by atoms with Gasteiger partial charge in [-0.1, -0.05) is 30.4 Å². The zero-order valence-electron chi connectivity index (χ0n) is 15.9. The van der Waals surface area contributed by atoms with Gasteiger partial charge in [0.1, 0.15) is 0 Å². The van der Waals surface area contributed by atoms with E-state index in [1.54, 1.807) is 24.5 Å². The fourth-order valence-corrected chi connectivity index (χ4v) is 4.01. The van der Waals surface area contributed by atoms with Crippen LogP contribution < -0.4 is 5.32 Å². The summed E-state index contributed by atoms with van der Waals surface area (Å²) in [5, 5.41) is 2.75. The average Bonchev–Trinajstić information content (AvgIpc) is 2.85. The summed E-state index contributed by atoms with van der Waals surface area (Å²) < 4.78 is 40.4. The van der Waals surface area contributed by atoms with Crippen LogP contribution in [0.3, 0.4) is 0 Å². The van der Waals surface area contributed by atoms with Crippen molar-refractivity contribution in [3.63, 3.8) is 0 Å². The Balaban J connectivity index is 1.96. The average molecular weight is 403 g/mol. The van der Waals surface area contributed by atoms with Crippen LogP contribution in [0.25, 0.3) is 0 Å². The van der Waals surface area contributed by atoms with Crippen LogP contribution in [0.5, 0.6) is 0 Å². The Morgan fingerprint density at radius 1 is 1.21 bits per heavy atom. The second-order valence-corrected chi connectivity index (χ2v) is 9.78. The zero-order valence-corrected chi connectivity index (χ0v) is 16.7. The van der Waals surface area contributed by atoms with Gasteiger partial charge in [-0.05, 0) is 51.2 Å². The molecule has 1 heterocycles. The molecule has 0 spiro atoms. The second kappa shape index (κ2) is 7.51. The molecule has 2 aliphatic rings. The van der Waals surface area contributed by atoms with Crippen molar-refractivity contribution in [1.82, 2.24) is 5.32 Å². The highest BCUT2D eigenvalue weighted by molar-refractivity contribution is 7.99. The first kappa shape index (κ1) is 20.3. The molecular weight excluding hydrogens is 380 g/mol. The number of allylic oxidation sites excluding steroid dienone is 6. The van der Waals surface area contributed by atoms with E-state index < -0.39 is 15.4 Å². The molecule has 1 aliphatic heterocycles. The summed E-state index contributed by atoms with van der Waals surface area (Å²) in [6, 6.07) is 7.32. The number of halogens is 2. The molecule has 148 valence electrons. The topological polar surface area (TPSA) is 46.2 Å². The number of hydrogen-bond acceptors (Lipinski definition) is 2. The molecule has 1 aliphatic carbocycles. The summed E-state index contributed by atoms with van der Waals surface area (Å²) in [5.74, 6) is 0.344. The van der Waals surface area contributed by atoms with Gasteiger partial charge in [0, 0.05) is 47.8 Å². The summed E-state index contributed by atoms with van der Waals surface area (Å²) in [6.07, 6.45) is 9.24. The van der Waals surface area contributed by atoms with E-state index >= 15 is 0 Å². The summed E-state index contributed by atoms with van der Waals surface area (Å²) in [7, 11) is -2.27. The van der Waals surface area contributed by atoms with E-state index in [4.69, 9.17) is 0 Å². The van der Waals surface area contributed by atoms with Crippen LogP contribution in [0.4, 0.5) is 8.78 Å². The Hall–Kier alpha value is -2.47. The Morgan fingerprint density at radius 2 is 1.89 bits per heavy atom. The molecule has 1 aromatic carbocycles. The van der Waals surface area contributed by atoms with Crippen molar-refractivity contribution in [2.24, 2.45) is 0 Å². The number of benzene rings is 1. The molecule has 1 aromatic rings. The van der Waals surface area contributed by atoms with Gasteiger partial charge < -0.3 is 5.32 Å². The van der Waals surface area contributed by atoms with Crippen LogP contribution in [0.15, 0.2) is 75.9 Å². The highest BCUT2D eigenvalue weighted by Crippen LogP contribution is 2.36. The van der Waals surface area contributed by atoms with Crippen molar-refractivity contribution in [1.29, 1.82) is 0 Å². The predicted molar refractivity (Wildman–Crippen MR) is 110 cm³/mol. The summed E-state index contributed by atoms with van der Waals surface area (Å²) in [5.41, 5.74) is 2.58. The Morgan fingerprint density at radius 3 is 2.50 bits per heavy atom. The highest BCUT2D eigenvalue weighted by atomic mass is 32.2. The Bertz CT molecular complexity index is 1020. The van der Waals surface area contributed by atoms with E-state index in [-0.39, 0.29) is 17.9 Å². The van der Waals surface area contributed by atoms with Crippen molar-refractivity contribution >= 4 is 21.3 Å². The molecule has 1 atom stereocenters. The lowest BCUT2D eigenvalue weighted by atomic mass is 9.95. The normalized spacial score (nSPS) is 19.6. The fraction of sp³-hybridized carbons (Fsp3) is 0.273. The van der Waals surface area contributed by atoms with E-state index in [9.17, 15) is 17.8 Å². The largest absolute Gasteiger partial charge is 0.329 e. The molecule has 0 aromatic heterocycles. The quantitative estimate of drug-likeness (QED) is 0.767. The van der Waals surface area contributed by atoms with Gasteiger partial charge in [-0.2, -0.15) is 0 Å². The van der Waals surface area contributed by atoms with E-state index in [0.29, 0.717) is 29.0 Å². The first-order valence-corrected chi connectivity index (χ1v) is 11.1. The molecule has 0 saturated carbocycles. The zero-order chi connectivity index (χ0) is 20.5. The number of hydrogen-bond donors (Lipinski definition) is 1. The lowest BCUT2D eigenvalue weighted by Crippen LogP contribution is -2.22. The maximum Gasteiger partial charge on any atom is 0.270 e. The molecule has 3 nitrogen and oxygen atoms in total. The number of carbonyl (C=O) groups excluding carboxylic acids is 1. The monoisotopic (exact) mass is 403 g/mol. The summed E-state index contributed by atoms with van der Waals surface area (Å²) in [6.45, 7) is 0.852. The van der Waals surface area contributed by atoms with E-state index in [1.807, 2.05) is 24.3 Å². The van der Waals surface area contributed by atoms with Gasteiger partial charge in [0.15, 0.2) is 0 Å².